The van der Waals surface area contributed by atoms with Crippen LogP contribution in [0.25, 0.3) is 11.3 Å². The van der Waals surface area contributed by atoms with Crippen molar-refractivity contribution >= 4 is 11.7 Å². The number of nitrogens with zero attached hydrogens (tertiary/aromatic N) is 2. The quantitative estimate of drug-likeness (QED) is 0.485. The predicted octanol–water partition coefficient (Wildman–Crippen LogP) is 2.97. The van der Waals surface area contributed by atoms with E-state index in [1.165, 1.54) is 12.1 Å². The summed E-state index contributed by atoms with van der Waals surface area (Å²) in [6, 6.07) is 11.3. The minimum atomic E-state index is -0.513. The maximum Gasteiger partial charge on any atom is 0.312 e. The zero-order valence-corrected chi connectivity index (χ0v) is 10.8. The van der Waals surface area contributed by atoms with Gasteiger partial charge in [0, 0.05) is 24.1 Å². The largest absolute Gasteiger partial charge is 0.407 e. The summed E-state index contributed by atoms with van der Waals surface area (Å²) < 4.78 is 4.99. The van der Waals surface area contributed by atoms with Crippen molar-refractivity contribution in [2.75, 3.05) is 0 Å². The number of esters is 1. The van der Waals surface area contributed by atoms with Crippen LogP contribution in [0.3, 0.4) is 0 Å². The average Bonchev–Trinajstić information content (AvgIpc) is 2.47. The molecule has 0 aliphatic carbocycles. The summed E-state index contributed by atoms with van der Waals surface area (Å²) in [6.45, 7) is 1.66. The fourth-order valence-corrected chi connectivity index (χ4v) is 1.64. The molecule has 0 aliphatic rings. The zero-order valence-electron chi connectivity index (χ0n) is 10.8. The van der Waals surface area contributed by atoms with Gasteiger partial charge in [0.2, 0.25) is 5.88 Å². The molecule has 0 amide bonds. The second-order valence-electron chi connectivity index (χ2n) is 3.97. The smallest absolute Gasteiger partial charge is 0.312 e. The third-order valence-electron chi connectivity index (χ3n) is 2.60. The molecule has 0 aliphatic heterocycles. The van der Waals surface area contributed by atoms with Gasteiger partial charge in [-0.3, -0.25) is 14.9 Å². The average molecular weight is 272 g/mol. The Morgan fingerprint density at radius 1 is 1.25 bits per heavy atom. The number of hydrogen-bond acceptors (Lipinski definition) is 5. The molecule has 2 rings (SSSR count). The first-order valence-corrected chi connectivity index (χ1v) is 6.03. The van der Waals surface area contributed by atoms with E-state index in [-0.39, 0.29) is 23.7 Å². The fourth-order valence-electron chi connectivity index (χ4n) is 1.64. The van der Waals surface area contributed by atoms with Crippen LogP contribution in [0.4, 0.5) is 5.69 Å². The highest BCUT2D eigenvalue weighted by atomic mass is 16.6. The lowest BCUT2D eigenvalue weighted by molar-refractivity contribution is -0.384. The molecule has 0 saturated carbocycles. The molecule has 1 aromatic heterocycles. The van der Waals surface area contributed by atoms with Crippen molar-refractivity contribution in [1.82, 2.24) is 4.98 Å². The second-order valence-corrected chi connectivity index (χ2v) is 3.97. The molecule has 102 valence electrons. The van der Waals surface area contributed by atoms with Gasteiger partial charge in [0.1, 0.15) is 0 Å². The third-order valence-corrected chi connectivity index (χ3v) is 2.60. The Hall–Kier alpha value is -2.76. The van der Waals surface area contributed by atoms with E-state index in [4.69, 9.17) is 4.74 Å². The number of benzene rings is 1. The van der Waals surface area contributed by atoms with Crippen molar-refractivity contribution in [3.63, 3.8) is 0 Å². The Morgan fingerprint density at radius 2 is 1.95 bits per heavy atom. The van der Waals surface area contributed by atoms with Crippen molar-refractivity contribution < 1.29 is 14.5 Å². The van der Waals surface area contributed by atoms with Crippen LogP contribution >= 0.6 is 0 Å². The third kappa shape index (κ3) is 2.97. The fraction of sp³-hybridized carbons (Fsp3) is 0.143. The molecule has 0 N–H and O–H groups in total. The van der Waals surface area contributed by atoms with Gasteiger partial charge in [-0.1, -0.05) is 37.3 Å². The first kappa shape index (κ1) is 13.7. The number of carbonyl (C=O) groups is 1. The van der Waals surface area contributed by atoms with Crippen LogP contribution in [0.5, 0.6) is 5.88 Å². The molecule has 20 heavy (non-hydrogen) atoms. The Bertz CT molecular complexity index is 641. The number of hydrogen-bond donors (Lipinski definition) is 0. The topological polar surface area (TPSA) is 82.3 Å². The van der Waals surface area contributed by atoms with Gasteiger partial charge in [-0.2, -0.15) is 0 Å². The molecule has 0 saturated heterocycles. The van der Waals surface area contributed by atoms with Crippen LogP contribution in [0, 0.1) is 10.1 Å². The van der Waals surface area contributed by atoms with Crippen molar-refractivity contribution in [2.24, 2.45) is 0 Å². The van der Waals surface area contributed by atoms with E-state index in [0.29, 0.717) is 5.56 Å². The molecule has 1 heterocycles. The zero-order chi connectivity index (χ0) is 14.5. The molecule has 0 bridgehead atoms. The molecule has 2 aromatic rings. The Morgan fingerprint density at radius 3 is 2.55 bits per heavy atom. The summed E-state index contributed by atoms with van der Waals surface area (Å²) in [4.78, 5) is 25.8. The van der Waals surface area contributed by atoms with Gasteiger partial charge >= 0.3 is 5.97 Å². The lowest BCUT2D eigenvalue weighted by Gasteiger charge is -2.06. The van der Waals surface area contributed by atoms with Crippen LogP contribution in [-0.4, -0.2) is 15.9 Å². The standard InChI is InChI=1S/C14H12N2O4/c1-2-13(17)20-12-9-8-11(16(18)19)14(15-12)10-6-4-3-5-7-10/h3-9H,2H2,1H3. The van der Waals surface area contributed by atoms with Crippen molar-refractivity contribution in [2.45, 2.75) is 13.3 Å². The molecule has 6 nitrogen and oxygen atoms in total. The maximum absolute atomic E-state index is 11.3. The number of rotatable bonds is 4. The van der Waals surface area contributed by atoms with E-state index in [1.807, 2.05) is 0 Å². The van der Waals surface area contributed by atoms with E-state index in [2.05, 4.69) is 4.98 Å². The molecule has 6 heteroatoms. The van der Waals surface area contributed by atoms with Crippen LogP contribution in [0.15, 0.2) is 42.5 Å². The summed E-state index contributed by atoms with van der Waals surface area (Å²) in [5.41, 5.74) is 0.637. The highest BCUT2D eigenvalue weighted by Gasteiger charge is 2.18. The Labute approximate surface area is 115 Å². The van der Waals surface area contributed by atoms with Gasteiger partial charge in [-0.25, -0.2) is 4.98 Å². The molecule has 0 atom stereocenters. The summed E-state index contributed by atoms with van der Waals surface area (Å²) in [5, 5.41) is 11.0. The molecule has 0 unspecified atom stereocenters. The lowest BCUT2D eigenvalue weighted by atomic mass is 10.1. The van der Waals surface area contributed by atoms with Gasteiger partial charge in [0.25, 0.3) is 5.69 Å². The van der Waals surface area contributed by atoms with Crippen LogP contribution < -0.4 is 4.74 Å². The van der Waals surface area contributed by atoms with Crippen LogP contribution in [-0.2, 0) is 4.79 Å². The van der Waals surface area contributed by atoms with E-state index in [9.17, 15) is 14.9 Å². The molecular formula is C14H12N2O4. The first-order valence-electron chi connectivity index (χ1n) is 6.03. The number of aromatic nitrogens is 1. The minimum absolute atomic E-state index is 0.0568. The molecule has 0 radical (unpaired) electrons. The molecule has 0 spiro atoms. The molecule has 1 aromatic carbocycles. The van der Waals surface area contributed by atoms with Crippen LogP contribution in [0.2, 0.25) is 0 Å². The predicted molar refractivity (Wildman–Crippen MR) is 72.3 cm³/mol. The molecular weight excluding hydrogens is 260 g/mol. The van der Waals surface area contributed by atoms with E-state index >= 15 is 0 Å². The van der Waals surface area contributed by atoms with Gasteiger partial charge in [0.15, 0.2) is 5.69 Å². The maximum atomic E-state index is 11.3. The number of carbonyl (C=O) groups excluding carboxylic acids is 1. The summed E-state index contributed by atoms with van der Waals surface area (Å²) >= 11 is 0. The Balaban J connectivity index is 2.48. The van der Waals surface area contributed by atoms with E-state index < -0.39 is 10.9 Å². The van der Waals surface area contributed by atoms with E-state index in [1.54, 1.807) is 37.3 Å². The summed E-state index contributed by atoms with van der Waals surface area (Å²) in [5.74, 6) is -0.383. The number of ether oxygens (including phenoxy) is 1. The summed E-state index contributed by atoms with van der Waals surface area (Å²) in [7, 11) is 0. The SMILES string of the molecule is CCC(=O)Oc1ccc([N+](=O)[O-])c(-c2ccccc2)n1. The highest BCUT2D eigenvalue weighted by Crippen LogP contribution is 2.29. The second kappa shape index (κ2) is 5.92. The van der Waals surface area contributed by atoms with Crippen molar-refractivity contribution in [3.05, 3.63) is 52.6 Å². The first-order chi connectivity index (χ1) is 9.61. The minimum Gasteiger partial charge on any atom is -0.407 e. The van der Waals surface area contributed by atoms with Gasteiger partial charge in [-0.15, -0.1) is 0 Å². The normalized spacial score (nSPS) is 10.1. The summed E-state index contributed by atoms with van der Waals surface area (Å²) in [6.07, 6.45) is 0.208. The number of pyridine rings is 1. The van der Waals surface area contributed by atoms with Crippen LogP contribution in [0.1, 0.15) is 13.3 Å². The van der Waals surface area contributed by atoms with Gasteiger partial charge in [-0.05, 0) is 0 Å². The lowest BCUT2D eigenvalue weighted by Crippen LogP contribution is -2.07. The van der Waals surface area contributed by atoms with E-state index in [0.717, 1.165) is 0 Å². The van der Waals surface area contributed by atoms with Gasteiger partial charge < -0.3 is 4.74 Å². The number of nitro groups is 1. The molecule has 0 fully saturated rings. The highest BCUT2D eigenvalue weighted by molar-refractivity contribution is 5.73. The van der Waals surface area contributed by atoms with Gasteiger partial charge in [0.05, 0.1) is 4.92 Å². The van der Waals surface area contributed by atoms with Crippen molar-refractivity contribution in [3.8, 4) is 17.1 Å². The Kier molecular flexibility index (Phi) is 4.05. The van der Waals surface area contributed by atoms with Crippen molar-refractivity contribution in [1.29, 1.82) is 0 Å². The monoisotopic (exact) mass is 272 g/mol.